The number of phenolic OH excluding ortho intramolecular Hbond substituents is 1. The largest absolute Gasteiger partial charge is 0.505 e. The van der Waals surface area contributed by atoms with Gasteiger partial charge in [0.05, 0.1) is 5.71 Å². The van der Waals surface area contributed by atoms with Gasteiger partial charge in [0.25, 0.3) is 0 Å². The summed E-state index contributed by atoms with van der Waals surface area (Å²) in [7, 11) is 1.82. The van der Waals surface area contributed by atoms with E-state index in [1.807, 2.05) is 55.6 Å². The van der Waals surface area contributed by atoms with Crippen molar-refractivity contribution in [1.82, 2.24) is 0 Å². The second kappa shape index (κ2) is 9.38. The number of nitrogens with one attached hydrogen (secondary N) is 1. The molecule has 0 atom stereocenters. The molecular weight excluding hydrogens is 430 g/mol. The molecule has 0 aromatic heterocycles. The highest BCUT2D eigenvalue weighted by atomic mass is 16.3. The number of phenols is 1. The zero-order chi connectivity index (χ0) is 25.2. The summed E-state index contributed by atoms with van der Waals surface area (Å²) in [6, 6.07) is 24.8. The third-order valence-electron chi connectivity index (χ3n) is 6.99. The van der Waals surface area contributed by atoms with Gasteiger partial charge in [-0.05, 0) is 34.9 Å². The number of anilines is 1. The number of hydrogen-bond acceptors (Lipinski definition) is 4. The minimum Gasteiger partial charge on any atom is -0.505 e. The van der Waals surface area contributed by atoms with Crippen LogP contribution in [0.1, 0.15) is 49.9 Å². The normalized spacial score (nSPS) is 15.0. The summed E-state index contributed by atoms with van der Waals surface area (Å²) in [4.78, 5) is 0. The van der Waals surface area contributed by atoms with E-state index in [4.69, 9.17) is 5.41 Å². The third kappa shape index (κ3) is 4.69. The molecule has 0 unspecified atom stereocenters. The molecule has 35 heavy (non-hydrogen) atoms. The average Bonchev–Trinajstić information content (AvgIpc) is 2.86. The fourth-order valence-electron chi connectivity index (χ4n) is 4.51. The highest BCUT2D eigenvalue weighted by Gasteiger charge is 2.32. The van der Waals surface area contributed by atoms with E-state index < -0.39 is 5.41 Å². The van der Waals surface area contributed by atoms with E-state index in [1.54, 1.807) is 11.1 Å². The lowest BCUT2D eigenvalue weighted by Crippen LogP contribution is -2.25. The van der Waals surface area contributed by atoms with E-state index in [9.17, 15) is 5.11 Å². The van der Waals surface area contributed by atoms with Gasteiger partial charge in [0.1, 0.15) is 17.1 Å². The molecule has 0 aliphatic heterocycles. The zero-order valence-corrected chi connectivity index (χ0v) is 21.1. The second-order valence-electron chi connectivity index (χ2n) is 10.0. The summed E-state index contributed by atoms with van der Waals surface area (Å²) in [5.41, 5.74) is 4.96. The van der Waals surface area contributed by atoms with E-state index >= 15 is 0 Å². The van der Waals surface area contributed by atoms with Crippen LogP contribution >= 0.6 is 0 Å². The van der Waals surface area contributed by atoms with E-state index in [0.717, 1.165) is 16.7 Å². The van der Waals surface area contributed by atoms with E-state index in [1.165, 1.54) is 5.56 Å². The Labute approximate surface area is 208 Å². The lowest BCUT2D eigenvalue weighted by Gasteiger charge is -2.33. The first kappa shape index (κ1) is 24.2. The Morgan fingerprint density at radius 1 is 0.743 bits per heavy atom. The van der Waals surface area contributed by atoms with Crippen LogP contribution in [0.3, 0.4) is 0 Å². The van der Waals surface area contributed by atoms with Gasteiger partial charge in [-0.15, -0.1) is 0 Å². The van der Waals surface area contributed by atoms with E-state index in [0.29, 0.717) is 17.1 Å². The molecule has 0 spiro atoms. The quantitative estimate of drug-likeness (QED) is 0.306. The fourth-order valence-corrected chi connectivity index (χ4v) is 4.51. The van der Waals surface area contributed by atoms with Crippen LogP contribution in [0.25, 0.3) is 0 Å². The van der Waals surface area contributed by atoms with Crippen molar-refractivity contribution < 1.29 is 5.11 Å². The van der Waals surface area contributed by atoms with Crippen LogP contribution in [-0.4, -0.2) is 23.6 Å². The first-order chi connectivity index (χ1) is 16.6. The monoisotopic (exact) mass is 463 g/mol. The maximum atomic E-state index is 11.6. The van der Waals surface area contributed by atoms with Crippen LogP contribution in [0.5, 0.6) is 5.75 Å². The van der Waals surface area contributed by atoms with Crippen LogP contribution in [-0.2, 0) is 10.8 Å². The lowest BCUT2D eigenvalue weighted by atomic mass is 9.72. The van der Waals surface area contributed by atoms with Gasteiger partial charge in [-0.25, -0.2) is 0 Å². The SMILES string of the molecule is CN(/N=C1/C=CC=CC1=N)c1cc(C(C)(C)c2ccccc2)cc(C(C)(C)c2ccccc2)c1O. The minimum absolute atomic E-state index is 0.195. The summed E-state index contributed by atoms with van der Waals surface area (Å²) in [5.74, 6) is 0.195. The van der Waals surface area contributed by atoms with Gasteiger partial charge in [0.2, 0.25) is 0 Å². The number of nitrogens with zero attached hydrogens (tertiary/aromatic N) is 2. The summed E-state index contributed by atoms with van der Waals surface area (Å²) in [6.07, 6.45) is 7.21. The molecular formula is C31H33N3O. The molecule has 0 radical (unpaired) electrons. The Morgan fingerprint density at radius 3 is 1.86 bits per heavy atom. The summed E-state index contributed by atoms with van der Waals surface area (Å²) in [5, 5.41) is 26.2. The predicted molar refractivity (Wildman–Crippen MR) is 147 cm³/mol. The number of hydrogen-bond donors (Lipinski definition) is 2. The van der Waals surface area contributed by atoms with Gasteiger partial charge in [0.15, 0.2) is 0 Å². The Balaban J connectivity index is 1.92. The number of allylic oxidation sites excluding steroid dienone is 4. The molecule has 4 heteroatoms. The van der Waals surface area contributed by atoms with Crippen LogP contribution in [0.2, 0.25) is 0 Å². The van der Waals surface area contributed by atoms with Gasteiger partial charge in [-0.2, -0.15) is 5.10 Å². The Hall–Kier alpha value is -3.92. The Kier molecular flexibility index (Phi) is 6.49. The number of rotatable bonds is 6. The summed E-state index contributed by atoms with van der Waals surface area (Å²) in [6.45, 7) is 8.68. The van der Waals surface area contributed by atoms with E-state index in [-0.39, 0.29) is 11.2 Å². The Morgan fingerprint density at radius 2 is 1.29 bits per heavy atom. The van der Waals surface area contributed by atoms with Crippen molar-refractivity contribution in [2.75, 3.05) is 12.1 Å². The van der Waals surface area contributed by atoms with Gasteiger partial charge in [-0.1, -0.05) is 107 Å². The van der Waals surface area contributed by atoms with Crippen molar-refractivity contribution in [3.63, 3.8) is 0 Å². The lowest BCUT2D eigenvalue weighted by molar-refractivity contribution is 0.451. The first-order valence-corrected chi connectivity index (χ1v) is 11.9. The standard InChI is InChI=1S/C31H33N3O/c1-30(2,22-14-8-6-9-15-22)24-20-25(31(3,4)23-16-10-7-11-17-23)29(35)28(21-24)34(5)33-27-19-13-12-18-26(27)32/h6-21,32,35H,1-5H3/b32-26?,33-27-. The molecule has 3 aromatic carbocycles. The zero-order valence-electron chi connectivity index (χ0n) is 21.1. The smallest absolute Gasteiger partial charge is 0.144 e. The van der Waals surface area contributed by atoms with Gasteiger partial charge in [-0.3, -0.25) is 10.4 Å². The van der Waals surface area contributed by atoms with Gasteiger partial charge in [0, 0.05) is 23.4 Å². The molecule has 0 saturated carbocycles. The molecule has 0 saturated heterocycles. The van der Waals surface area contributed by atoms with Crippen LogP contribution in [0.4, 0.5) is 5.69 Å². The number of aromatic hydroxyl groups is 1. The van der Waals surface area contributed by atoms with Crippen LogP contribution in [0, 0.1) is 5.41 Å². The molecule has 1 aliphatic rings. The molecule has 1 aliphatic carbocycles. The molecule has 2 N–H and O–H groups in total. The maximum Gasteiger partial charge on any atom is 0.144 e. The van der Waals surface area contributed by atoms with Gasteiger partial charge >= 0.3 is 0 Å². The number of hydrazone groups is 1. The number of benzene rings is 3. The second-order valence-corrected chi connectivity index (χ2v) is 10.0. The van der Waals surface area contributed by atoms with E-state index in [2.05, 4.69) is 75.3 Å². The molecule has 4 nitrogen and oxygen atoms in total. The Bertz CT molecular complexity index is 1320. The fraction of sp³-hybridized carbons (Fsp3) is 0.226. The molecule has 0 fully saturated rings. The third-order valence-corrected chi connectivity index (χ3v) is 6.99. The van der Waals surface area contributed by atoms with Crippen LogP contribution < -0.4 is 5.01 Å². The summed E-state index contributed by atoms with van der Waals surface area (Å²) >= 11 is 0. The highest BCUT2D eigenvalue weighted by Crippen LogP contribution is 2.45. The van der Waals surface area contributed by atoms with Crippen molar-refractivity contribution in [2.24, 2.45) is 5.10 Å². The predicted octanol–water partition coefficient (Wildman–Crippen LogP) is 6.98. The minimum atomic E-state index is -0.447. The maximum absolute atomic E-state index is 11.6. The molecule has 0 heterocycles. The molecule has 178 valence electrons. The van der Waals surface area contributed by atoms with Crippen molar-refractivity contribution in [3.05, 3.63) is 119 Å². The topological polar surface area (TPSA) is 59.7 Å². The van der Waals surface area contributed by atoms with Crippen molar-refractivity contribution in [2.45, 2.75) is 38.5 Å². The highest BCUT2D eigenvalue weighted by molar-refractivity contribution is 6.50. The molecule has 3 aromatic rings. The van der Waals surface area contributed by atoms with Gasteiger partial charge < -0.3 is 5.11 Å². The van der Waals surface area contributed by atoms with Crippen molar-refractivity contribution in [1.29, 1.82) is 5.41 Å². The summed E-state index contributed by atoms with van der Waals surface area (Å²) < 4.78 is 0. The molecule has 4 rings (SSSR count). The van der Waals surface area contributed by atoms with Crippen molar-refractivity contribution in [3.8, 4) is 5.75 Å². The molecule has 0 amide bonds. The molecule has 0 bridgehead atoms. The average molecular weight is 464 g/mol. The van der Waals surface area contributed by atoms with Crippen molar-refractivity contribution >= 4 is 17.1 Å². The first-order valence-electron chi connectivity index (χ1n) is 11.9. The van der Waals surface area contributed by atoms with Crippen LogP contribution in [0.15, 0.2) is 102 Å².